The highest BCUT2D eigenvalue weighted by Crippen LogP contribution is 2.34. The zero-order valence-electron chi connectivity index (χ0n) is 18.4. The van der Waals surface area contributed by atoms with Gasteiger partial charge in [0.25, 0.3) is 0 Å². The lowest BCUT2D eigenvalue weighted by atomic mass is 9.91. The number of benzene rings is 2. The van der Waals surface area contributed by atoms with Gasteiger partial charge < -0.3 is 14.6 Å². The first-order chi connectivity index (χ1) is 14.9. The third-order valence-corrected chi connectivity index (χ3v) is 5.94. The number of anilines is 1. The van der Waals surface area contributed by atoms with Gasteiger partial charge >= 0.3 is 6.09 Å². The zero-order chi connectivity index (χ0) is 22.0. The van der Waals surface area contributed by atoms with Crippen LogP contribution in [-0.2, 0) is 24.1 Å². The molecular formula is C25H30FN3O2. The van der Waals surface area contributed by atoms with Crippen molar-refractivity contribution >= 4 is 22.7 Å². The lowest BCUT2D eigenvalue weighted by molar-refractivity contribution is 0.187. The highest BCUT2D eigenvalue weighted by Gasteiger charge is 2.26. The van der Waals surface area contributed by atoms with E-state index in [9.17, 15) is 9.18 Å². The van der Waals surface area contributed by atoms with E-state index >= 15 is 0 Å². The molecule has 0 bridgehead atoms. The van der Waals surface area contributed by atoms with Crippen LogP contribution in [0.4, 0.5) is 14.9 Å². The van der Waals surface area contributed by atoms with E-state index in [0.29, 0.717) is 24.2 Å². The molecule has 2 N–H and O–H groups in total. The third-order valence-electron chi connectivity index (χ3n) is 5.94. The van der Waals surface area contributed by atoms with Gasteiger partial charge in [-0.3, -0.25) is 5.32 Å². The van der Waals surface area contributed by atoms with E-state index in [0.717, 1.165) is 42.3 Å². The van der Waals surface area contributed by atoms with Crippen LogP contribution in [0.25, 0.3) is 10.9 Å². The van der Waals surface area contributed by atoms with E-state index in [-0.39, 0.29) is 5.82 Å². The Balaban J connectivity index is 1.74. The smallest absolute Gasteiger partial charge is 0.411 e. The number of rotatable bonds is 6. The Morgan fingerprint density at radius 3 is 2.84 bits per heavy atom. The van der Waals surface area contributed by atoms with Gasteiger partial charge in [0.05, 0.1) is 7.11 Å². The summed E-state index contributed by atoms with van der Waals surface area (Å²) >= 11 is 0. The lowest BCUT2D eigenvalue weighted by Crippen LogP contribution is -2.36. The molecular weight excluding hydrogens is 393 g/mol. The van der Waals surface area contributed by atoms with E-state index in [1.165, 1.54) is 24.4 Å². The third kappa shape index (κ3) is 4.74. The monoisotopic (exact) mass is 423 g/mol. The maximum atomic E-state index is 13.8. The average Bonchev–Trinajstić information content (AvgIpc) is 3.04. The van der Waals surface area contributed by atoms with Gasteiger partial charge in [0.1, 0.15) is 5.82 Å². The van der Waals surface area contributed by atoms with E-state index in [1.807, 2.05) is 24.3 Å². The number of nitrogens with zero attached hydrogens (tertiary/aromatic N) is 1. The summed E-state index contributed by atoms with van der Waals surface area (Å²) in [5, 5.41) is 7.61. The van der Waals surface area contributed by atoms with E-state index in [2.05, 4.69) is 29.0 Å². The largest absolute Gasteiger partial charge is 0.453 e. The summed E-state index contributed by atoms with van der Waals surface area (Å²) < 4.78 is 20.8. The second-order valence-electron chi connectivity index (χ2n) is 8.73. The van der Waals surface area contributed by atoms with Gasteiger partial charge in [-0.25, -0.2) is 9.18 Å². The number of nitrogens with one attached hydrogen (secondary N) is 2. The molecule has 0 fully saturated rings. The molecule has 0 aliphatic heterocycles. The highest BCUT2D eigenvalue weighted by molar-refractivity contribution is 5.93. The molecule has 1 atom stereocenters. The summed E-state index contributed by atoms with van der Waals surface area (Å²) in [6, 6.07) is 13.2. The molecule has 2 aromatic carbocycles. The van der Waals surface area contributed by atoms with Crippen molar-refractivity contribution in [2.24, 2.45) is 5.92 Å². The Morgan fingerprint density at radius 1 is 1.26 bits per heavy atom. The van der Waals surface area contributed by atoms with Crippen molar-refractivity contribution in [1.82, 2.24) is 9.88 Å². The molecule has 0 saturated carbocycles. The second-order valence-corrected chi connectivity index (χ2v) is 8.73. The number of methoxy groups -OCH3 is 1. The molecule has 1 amide bonds. The number of amides is 1. The first-order valence-corrected chi connectivity index (χ1v) is 10.9. The second kappa shape index (κ2) is 9.10. The molecule has 1 aliphatic rings. The van der Waals surface area contributed by atoms with Gasteiger partial charge in [-0.1, -0.05) is 26.0 Å². The summed E-state index contributed by atoms with van der Waals surface area (Å²) in [6.07, 6.45) is 2.50. The fourth-order valence-electron chi connectivity index (χ4n) is 4.47. The quantitative estimate of drug-likeness (QED) is 0.579. The molecule has 3 aromatic rings. The fourth-order valence-corrected chi connectivity index (χ4v) is 4.47. The van der Waals surface area contributed by atoms with Crippen LogP contribution >= 0.6 is 0 Å². The van der Waals surface area contributed by atoms with E-state index in [4.69, 9.17) is 4.74 Å². The molecule has 5 nitrogen and oxygen atoms in total. The number of hydrogen-bond acceptors (Lipinski definition) is 3. The molecule has 6 heteroatoms. The Bertz CT molecular complexity index is 1090. The van der Waals surface area contributed by atoms with Crippen LogP contribution in [0.15, 0.2) is 42.5 Å². The number of ether oxygens (including phenoxy) is 1. The number of halogens is 1. The van der Waals surface area contributed by atoms with Gasteiger partial charge in [-0.2, -0.15) is 0 Å². The molecule has 0 spiro atoms. The van der Waals surface area contributed by atoms with Gasteiger partial charge in [0, 0.05) is 34.9 Å². The van der Waals surface area contributed by atoms with Crippen molar-refractivity contribution in [3.05, 3.63) is 65.1 Å². The standard InChI is InChI=1S/C25H30FN3O2/c1-16(2)14-27-19-7-9-23-21(12-19)22-13-20(28-25(30)31-3)8-10-24(22)29(23)15-17-5-4-6-18(26)11-17/h4-6,8,10-11,13,16,19,27H,7,9,12,14-15H2,1-3H3,(H,28,30)/t19-/m1/s1. The normalized spacial score (nSPS) is 15.8. The van der Waals surface area contributed by atoms with Crippen LogP contribution in [-0.4, -0.2) is 30.4 Å². The van der Waals surface area contributed by atoms with Crippen LogP contribution in [0.3, 0.4) is 0 Å². The van der Waals surface area contributed by atoms with Crippen molar-refractivity contribution in [2.75, 3.05) is 19.0 Å². The zero-order valence-corrected chi connectivity index (χ0v) is 18.4. The predicted octanol–water partition coefficient (Wildman–Crippen LogP) is 5.11. The van der Waals surface area contributed by atoms with Crippen LogP contribution in [0.1, 0.15) is 37.1 Å². The molecule has 164 valence electrons. The minimum atomic E-state index is -0.483. The Hall–Kier alpha value is -2.86. The predicted molar refractivity (Wildman–Crippen MR) is 122 cm³/mol. The van der Waals surface area contributed by atoms with Crippen LogP contribution in [0, 0.1) is 11.7 Å². The number of carbonyl (C=O) groups is 1. The van der Waals surface area contributed by atoms with E-state index < -0.39 is 6.09 Å². The Kier molecular flexibility index (Phi) is 6.28. The summed E-state index contributed by atoms with van der Waals surface area (Å²) in [5.41, 5.74) is 5.37. The molecule has 1 heterocycles. The molecule has 0 unspecified atom stereocenters. The van der Waals surface area contributed by atoms with Crippen LogP contribution in [0.2, 0.25) is 0 Å². The minimum Gasteiger partial charge on any atom is -0.453 e. The summed E-state index contributed by atoms with van der Waals surface area (Å²) in [5.74, 6) is 0.386. The van der Waals surface area contributed by atoms with Gasteiger partial charge in [-0.15, -0.1) is 0 Å². The molecule has 0 saturated heterocycles. The van der Waals surface area contributed by atoms with Gasteiger partial charge in [0.15, 0.2) is 0 Å². The maximum Gasteiger partial charge on any atom is 0.411 e. The number of aromatic nitrogens is 1. The SMILES string of the molecule is COC(=O)Nc1ccc2c(c1)c1c(n2Cc2cccc(F)c2)CC[C@@H](NCC(C)C)C1. The van der Waals surface area contributed by atoms with Crippen molar-refractivity contribution < 1.29 is 13.9 Å². The molecule has 31 heavy (non-hydrogen) atoms. The Labute approximate surface area is 182 Å². The van der Waals surface area contributed by atoms with Crippen molar-refractivity contribution in [3.63, 3.8) is 0 Å². The van der Waals surface area contributed by atoms with Gasteiger partial charge in [-0.05, 0) is 73.2 Å². The van der Waals surface area contributed by atoms with Gasteiger partial charge in [0.2, 0.25) is 0 Å². The maximum absolute atomic E-state index is 13.8. The number of fused-ring (bicyclic) bond motifs is 3. The fraction of sp³-hybridized carbons (Fsp3) is 0.400. The summed E-state index contributed by atoms with van der Waals surface area (Å²) in [7, 11) is 1.36. The molecule has 1 aliphatic carbocycles. The average molecular weight is 424 g/mol. The number of carbonyl (C=O) groups excluding carboxylic acids is 1. The minimum absolute atomic E-state index is 0.217. The summed E-state index contributed by atoms with van der Waals surface area (Å²) in [6.45, 7) is 6.06. The number of hydrogen-bond donors (Lipinski definition) is 2. The molecule has 4 rings (SSSR count). The first-order valence-electron chi connectivity index (χ1n) is 10.9. The molecule has 1 aromatic heterocycles. The van der Waals surface area contributed by atoms with Crippen molar-refractivity contribution in [3.8, 4) is 0 Å². The van der Waals surface area contributed by atoms with Crippen LogP contribution < -0.4 is 10.6 Å². The Morgan fingerprint density at radius 2 is 2.10 bits per heavy atom. The van der Waals surface area contributed by atoms with Crippen molar-refractivity contribution in [1.29, 1.82) is 0 Å². The van der Waals surface area contributed by atoms with Crippen molar-refractivity contribution in [2.45, 2.75) is 45.7 Å². The van der Waals surface area contributed by atoms with E-state index in [1.54, 1.807) is 12.1 Å². The first kappa shape index (κ1) is 21.4. The highest BCUT2D eigenvalue weighted by atomic mass is 19.1. The molecule has 0 radical (unpaired) electrons. The summed E-state index contributed by atoms with van der Waals surface area (Å²) in [4.78, 5) is 11.7. The van der Waals surface area contributed by atoms with Crippen LogP contribution in [0.5, 0.6) is 0 Å². The lowest BCUT2D eigenvalue weighted by Gasteiger charge is -2.26. The topological polar surface area (TPSA) is 55.3 Å².